The van der Waals surface area contributed by atoms with Crippen molar-refractivity contribution < 1.29 is 4.79 Å². The molecule has 2 aliphatic carbocycles. The number of aromatic nitrogens is 3. The zero-order chi connectivity index (χ0) is 19.8. The molecule has 1 saturated carbocycles. The lowest BCUT2D eigenvalue weighted by Crippen LogP contribution is -2.22. The average molecular weight is 405 g/mol. The highest BCUT2D eigenvalue weighted by Gasteiger charge is 2.31. The maximum Gasteiger partial charge on any atom is 0.237 e. The first-order valence-electron chi connectivity index (χ1n) is 10.3. The van der Waals surface area contributed by atoms with Gasteiger partial charge in [-0.25, -0.2) is 9.67 Å². The van der Waals surface area contributed by atoms with Crippen molar-refractivity contribution in [3.63, 3.8) is 0 Å². The van der Waals surface area contributed by atoms with Crippen LogP contribution in [0.4, 0.5) is 5.69 Å². The third kappa shape index (κ3) is 3.94. The van der Waals surface area contributed by atoms with E-state index in [4.69, 9.17) is 10.1 Å². The van der Waals surface area contributed by atoms with Crippen LogP contribution in [-0.4, -0.2) is 25.9 Å². The van der Waals surface area contributed by atoms with E-state index >= 15 is 0 Å². The fourth-order valence-electron chi connectivity index (χ4n) is 3.82. The minimum absolute atomic E-state index is 0.0167. The number of benzene rings is 2. The van der Waals surface area contributed by atoms with Gasteiger partial charge in [0.2, 0.25) is 11.1 Å². The topological polar surface area (TPSA) is 59.8 Å². The number of hydrogen-bond acceptors (Lipinski definition) is 4. The van der Waals surface area contributed by atoms with Gasteiger partial charge >= 0.3 is 0 Å². The standard InChI is InChI=1S/C23H24N4OS/c1-15(22(28)24-19-13-12-16-6-5-7-18(16)14-19)29-23-25-21(17-10-11-17)27(26-23)20-8-3-2-4-9-20/h2-4,8-9,12-15,17H,5-7,10-11H2,1H3,(H,24,28)/t15-/m1/s1. The van der Waals surface area contributed by atoms with Crippen LogP contribution in [0.3, 0.4) is 0 Å². The van der Waals surface area contributed by atoms with Gasteiger partial charge in [0.25, 0.3) is 0 Å². The molecule has 3 aromatic rings. The number of para-hydroxylation sites is 1. The Morgan fingerprint density at radius 3 is 2.72 bits per heavy atom. The number of nitrogens with one attached hydrogen (secondary N) is 1. The van der Waals surface area contributed by atoms with E-state index in [1.807, 2.05) is 48.0 Å². The second-order valence-corrected chi connectivity index (χ2v) is 9.17. The van der Waals surface area contributed by atoms with Gasteiger partial charge in [-0.3, -0.25) is 4.79 Å². The number of amides is 1. The second kappa shape index (κ2) is 7.67. The second-order valence-electron chi connectivity index (χ2n) is 7.86. The van der Waals surface area contributed by atoms with Crippen molar-refractivity contribution in [1.82, 2.24) is 14.8 Å². The summed E-state index contributed by atoms with van der Waals surface area (Å²) in [7, 11) is 0. The molecule has 1 heterocycles. The summed E-state index contributed by atoms with van der Waals surface area (Å²) in [5.41, 5.74) is 4.67. The van der Waals surface area contributed by atoms with Crippen LogP contribution in [0.5, 0.6) is 0 Å². The number of carbonyl (C=O) groups excluding carboxylic acids is 1. The van der Waals surface area contributed by atoms with Crippen LogP contribution >= 0.6 is 11.8 Å². The number of nitrogens with zero attached hydrogens (tertiary/aromatic N) is 3. The summed E-state index contributed by atoms with van der Waals surface area (Å²) in [6, 6.07) is 16.4. The molecule has 0 spiro atoms. The predicted molar refractivity (Wildman–Crippen MR) is 116 cm³/mol. The first-order chi connectivity index (χ1) is 14.2. The van der Waals surface area contributed by atoms with Crippen molar-refractivity contribution in [2.75, 3.05) is 5.32 Å². The van der Waals surface area contributed by atoms with E-state index in [0.717, 1.165) is 42.9 Å². The molecule has 6 heteroatoms. The molecule has 2 aliphatic rings. The molecule has 1 N–H and O–H groups in total. The normalized spacial score (nSPS) is 16.4. The SMILES string of the molecule is C[C@@H](Sc1nc(C2CC2)n(-c2ccccc2)n1)C(=O)Nc1ccc2c(c1)CCC2. The molecular weight excluding hydrogens is 380 g/mol. The highest BCUT2D eigenvalue weighted by atomic mass is 32.2. The number of aryl methyl sites for hydroxylation is 2. The minimum Gasteiger partial charge on any atom is -0.325 e. The van der Waals surface area contributed by atoms with Crippen molar-refractivity contribution in [2.24, 2.45) is 0 Å². The minimum atomic E-state index is -0.276. The predicted octanol–water partition coefficient (Wildman–Crippen LogP) is 4.75. The van der Waals surface area contributed by atoms with Crippen molar-refractivity contribution in [3.8, 4) is 5.69 Å². The lowest BCUT2D eigenvalue weighted by Gasteiger charge is -2.11. The molecule has 29 heavy (non-hydrogen) atoms. The molecule has 148 valence electrons. The Labute approximate surface area is 174 Å². The summed E-state index contributed by atoms with van der Waals surface area (Å²) in [6.07, 6.45) is 5.77. The van der Waals surface area contributed by atoms with Crippen LogP contribution in [-0.2, 0) is 17.6 Å². The van der Waals surface area contributed by atoms with E-state index < -0.39 is 0 Å². The Hall–Kier alpha value is -2.60. The van der Waals surface area contributed by atoms with Crippen LogP contribution in [0.25, 0.3) is 5.69 Å². The quantitative estimate of drug-likeness (QED) is 0.602. The van der Waals surface area contributed by atoms with Crippen molar-refractivity contribution >= 4 is 23.4 Å². The number of anilines is 1. The maximum absolute atomic E-state index is 12.7. The summed E-state index contributed by atoms with van der Waals surface area (Å²) in [4.78, 5) is 17.5. The van der Waals surface area contributed by atoms with E-state index in [9.17, 15) is 4.79 Å². The highest BCUT2D eigenvalue weighted by Crippen LogP contribution is 2.40. The monoisotopic (exact) mass is 404 g/mol. The molecule has 1 fully saturated rings. The van der Waals surface area contributed by atoms with E-state index in [1.54, 1.807) is 0 Å². The van der Waals surface area contributed by atoms with Crippen molar-refractivity contribution in [1.29, 1.82) is 0 Å². The lowest BCUT2D eigenvalue weighted by atomic mass is 10.1. The summed E-state index contributed by atoms with van der Waals surface area (Å²) >= 11 is 1.42. The number of hydrogen-bond donors (Lipinski definition) is 1. The average Bonchev–Trinajstić information content (AvgIpc) is 3.33. The van der Waals surface area contributed by atoms with E-state index in [-0.39, 0.29) is 11.2 Å². The summed E-state index contributed by atoms with van der Waals surface area (Å²) in [5.74, 6) is 1.47. The van der Waals surface area contributed by atoms with E-state index in [2.05, 4.69) is 17.4 Å². The fraction of sp³-hybridized carbons (Fsp3) is 0.348. The molecule has 5 rings (SSSR count). The van der Waals surface area contributed by atoms with Gasteiger partial charge in [-0.05, 0) is 74.4 Å². The third-order valence-electron chi connectivity index (χ3n) is 5.57. The molecule has 0 radical (unpaired) electrons. The van der Waals surface area contributed by atoms with Crippen molar-refractivity contribution in [2.45, 2.75) is 55.4 Å². The van der Waals surface area contributed by atoms with Gasteiger partial charge in [0.15, 0.2) is 0 Å². The number of thioether (sulfide) groups is 1. The van der Waals surface area contributed by atoms with Crippen LogP contribution in [0.1, 0.15) is 49.1 Å². The van der Waals surface area contributed by atoms with Gasteiger partial charge in [0.05, 0.1) is 10.9 Å². The molecule has 0 saturated heterocycles. The largest absolute Gasteiger partial charge is 0.325 e. The van der Waals surface area contributed by atoms with E-state index in [1.165, 1.54) is 29.3 Å². The number of rotatable bonds is 6. The highest BCUT2D eigenvalue weighted by molar-refractivity contribution is 8.00. The molecule has 1 aromatic heterocycles. The van der Waals surface area contributed by atoms with Gasteiger partial charge in [-0.2, -0.15) is 0 Å². The molecular formula is C23H24N4OS. The number of fused-ring (bicyclic) bond motifs is 1. The van der Waals surface area contributed by atoms with Crippen LogP contribution in [0, 0.1) is 0 Å². The zero-order valence-electron chi connectivity index (χ0n) is 16.5. The van der Waals surface area contributed by atoms with Gasteiger partial charge in [-0.1, -0.05) is 36.0 Å². The molecule has 0 unspecified atom stereocenters. The van der Waals surface area contributed by atoms with Gasteiger partial charge < -0.3 is 5.32 Å². The number of carbonyl (C=O) groups is 1. The first kappa shape index (κ1) is 18.4. The Balaban J connectivity index is 1.30. The third-order valence-corrected chi connectivity index (χ3v) is 6.52. The lowest BCUT2D eigenvalue weighted by molar-refractivity contribution is -0.115. The molecule has 0 aliphatic heterocycles. The Morgan fingerprint density at radius 2 is 1.93 bits per heavy atom. The van der Waals surface area contributed by atoms with E-state index in [0.29, 0.717) is 11.1 Å². The van der Waals surface area contributed by atoms with Crippen LogP contribution < -0.4 is 5.32 Å². The Bertz CT molecular complexity index is 1040. The van der Waals surface area contributed by atoms with Gasteiger partial charge in [-0.15, -0.1) is 5.10 Å². The Kier molecular flexibility index (Phi) is 4.87. The first-order valence-corrected chi connectivity index (χ1v) is 11.2. The zero-order valence-corrected chi connectivity index (χ0v) is 17.3. The molecule has 2 aromatic carbocycles. The van der Waals surface area contributed by atoms with Crippen LogP contribution in [0.15, 0.2) is 53.7 Å². The molecule has 1 atom stereocenters. The summed E-state index contributed by atoms with van der Waals surface area (Å²) in [6.45, 7) is 1.91. The summed E-state index contributed by atoms with van der Waals surface area (Å²) in [5, 5.41) is 8.15. The molecule has 5 nitrogen and oxygen atoms in total. The molecule has 1 amide bonds. The smallest absolute Gasteiger partial charge is 0.237 e. The summed E-state index contributed by atoms with van der Waals surface area (Å²) < 4.78 is 1.94. The maximum atomic E-state index is 12.7. The van der Waals surface area contributed by atoms with Crippen LogP contribution in [0.2, 0.25) is 0 Å². The van der Waals surface area contributed by atoms with Crippen molar-refractivity contribution in [3.05, 3.63) is 65.5 Å². The Morgan fingerprint density at radius 1 is 1.14 bits per heavy atom. The molecule has 0 bridgehead atoms. The fourth-order valence-corrected chi connectivity index (χ4v) is 4.58. The van der Waals surface area contributed by atoms with Gasteiger partial charge in [0.1, 0.15) is 5.82 Å². The van der Waals surface area contributed by atoms with Gasteiger partial charge in [0, 0.05) is 11.6 Å².